The molecule has 8 rings (SSSR count). The molecule has 2 aliphatic heterocycles. The van der Waals surface area contributed by atoms with Gasteiger partial charge in [0.2, 0.25) is 0 Å². The summed E-state index contributed by atoms with van der Waals surface area (Å²) in [4.78, 5) is 28.7. The number of rotatable bonds is 18. The quantitative estimate of drug-likeness (QED) is 0.0731. The molecule has 0 bridgehead atoms. The van der Waals surface area contributed by atoms with Crippen LogP contribution in [0.4, 0.5) is 11.4 Å². The molecule has 1 amide bonds. The van der Waals surface area contributed by atoms with Gasteiger partial charge in [0.15, 0.2) is 5.75 Å². The van der Waals surface area contributed by atoms with E-state index in [1.807, 2.05) is 43.3 Å². The summed E-state index contributed by atoms with van der Waals surface area (Å²) in [7, 11) is -2.62. The van der Waals surface area contributed by atoms with E-state index in [0.29, 0.717) is 49.8 Å². The van der Waals surface area contributed by atoms with Gasteiger partial charge in [-0.3, -0.25) is 14.6 Å². The van der Waals surface area contributed by atoms with Crippen molar-refractivity contribution in [2.75, 3.05) is 103 Å². The molecule has 0 spiro atoms. The standard InChI is InChI=1S/C50H62ClN7O7S/c1-35-28-41(13-15-44(35)52-31-40-33-57(23-25-64-40)22-24-63-27-26-62-4)66(60,61)55-49(59)42-14-12-39(29-47(42)65-46-7-5-6-45-48(46)54-34-53-45)58-20-18-56(19-21-58)32-37-16-17-50(2,3)30-43(37)36-8-10-38(51)11-9-36/h5-15,28-29,34,40,52H,16-27,30-33H2,1-4H3,(H,53,54)(H,55,59)/t40-/m1/s1. The second kappa shape index (κ2) is 21.3. The Hall–Kier alpha value is -5.00. The topological polar surface area (TPSA) is 151 Å². The molecule has 1 atom stereocenters. The van der Waals surface area contributed by atoms with Crippen molar-refractivity contribution in [3.63, 3.8) is 0 Å². The molecular formula is C50H62ClN7O7S. The zero-order valence-corrected chi connectivity index (χ0v) is 40.0. The van der Waals surface area contributed by atoms with Crippen molar-refractivity contribution in [1.82, 2.24) is 24.5 Å². The summed E-state index contributed by atoms with van der Waals surface area (Å²) in [6.07, 6.45) is 4.80. The summed E-state index contributed by atoms with van der Waals surface area (Å²) in [5.41, 5.74) is 8.22. The van der Waals surface area contributed by atoms with Gasteiger partial charge in [0, 0.05) is 88.5 Å². The second-order valence-electron chi connectivity index (χ2n) is 18.2. The van der Waals surface area contributed by atoms with E-state index >= 15 is 0 Å². The monoisotopic (exact) mass is 939 g/mol. The molecule has 4 aromatic carbocycles. The molecule has 0 unspecified atom stereocenters. The maximum Gasteiger partial charge on any atom is 0.268 e. The zero-order chi connectivity index (χ0) is 46.3. The van der Waals surface area contributed by atoms with Crippen LogP contribution in [0, 0.1) is 12.3 Å². The first-order valence-electron chi connectivity index (χ1n) is 22.8. The van der Waals surface area contributed by atoms with Gasteiger partial charge in [-0.2, -0.15) is 0 Å². The molecule has 14 nitrogen and oxygen atoms in total. The van der Waals surface area contributed by atoms with Gasteiger partial charge in [-0.15, -0.1) is 0 Å². The first kappa shape index (κ1) is 47.5. The molecule has 3 aliphatic rings. The number of hydrogen-bond acceptors (Lipinski definition) is 12. The van der Waals surface area contributed by atoms with Gasteiger partial charge in [-0.25, -0.2) is 18.1 Å². The predicted octanol–water partition coefficient (Wildman–Crippen LogP) is 8.00. The number of allylic oxidation sites excluding steroid dienone is 1. The molecule has 5 aromatic rings. The van der Waals surface area contributed by atoms with Gasteiger partial charge in [-0.05, 0) is 103 Å². The molecule has 1 aliphatic carbocycles. The van der Waals surface area contributed by atoms with Crippen molar-refractivity contribution >= 4 is 55.5 Å². The number of amides is 1. The average Bonchev–Trinajstić information content (AvgIpc) is 3.80. The number of para-hydroxylation sites is 1. The average molecular weight is 941 g/mol. The van der Waals surface area contributed by atoms with Crippen LogP contribution in [0.2, 0.25) is 5.02 Å². The maximum absolute atomic E-state index is 14.1. The third kappa shape index (κ3) is 11.9. The number of halogens is 1. The Kier molecular flexibility index (Phi) is 15.3. The molecule has 66 heavy (non-hydrogen) atoms. The van der Waals surface area contributed by atoms with Crippen molar-refractivity contribution in [3.05, 3.63) is 112 Å². The van der Waals surface area contributed by atoms with Crippen LogP contribution >= 0.6 is 11.6 Å². The normalized spacial score (nSPS) is 18.4. The van der Waals surface area contributed by atoms with Crippen LogP contribution in [0.3, 0.4) is 0 Å². The summed E-state index contributed by atoms with van der Waals surface area (Å²) in [6.45, 7) is 16.0. The number of morpholine rings is 1. The van der Waals surface area contributed by atoms with Crippen molar-refractivity contribution < 1.29 is 32.2 Å². The minimum atomic E-state index is -4.28. The number of H-pyrrole nitrogens is 1. The Morgan fingerprint density at radius 3 is 2.56 bits per heavy atom. The second-order valence-corrected chi connectivity index (χ2v) is 20.3. The number of hydrogen-bond donors (Lipinski definition) is 3. The van der Waals surface area contributed by atoms with E-state index in [-0.39, 0.29) is 27.7 Å². The lowest BCUT2D eigenvalue weighted by atomic mass is 9.72. The molecule has 16 heteroatoms. The number of carbonyl (C=O) groups excluding carboxylic acids is 1. The minimum Gasteiger partial charge on any atom is -0.454 e. The van der Waals surface area contributed by atoms with Crippen LogP contribution < -0.4 is 19.7 Å². The molecule has 3 N–H and O–H groups in total. The number of aromatic amines is 1. The highest BCUT2D eigenvalue weighted by molar-refractivity contribution is 7.90. The molecule has 1 aromatic heterocycles. The third-order valence-electron chi connectivity index (χ3n) is 12.8. The Bertz CT molecular complexity index is 2610. The SMILES string of the molecule is COCCOCCN1CCO[C@H](CNc2ccc(S(=O)(=O)NC(=O)c3ccc(N4CCN(CC5=C(c6ccc(Cl)cc6)CC(C)(C)CC5)CC4)cc3Oc3cccc4[nH]cnc34)cc2C)C1. The highest BCUT2D eigenvalue weighted by Crippen LogP contribution is 2.43. The number of sulfonamides is 1. The Morgan fingerprint density at radius 1 is 0.955 bits per heavy atom. The zero-order valence-electron chi connectivity index (χ0n) is 38.4. The van der Waals surface area contributed by atoms with Crippen LogP contribution in [-0.2, 0) is 24.2 Å². The smallest absolute Gasteiger partial charge is 0.268 e. The third-order valence-corrected chi connectivity index (χ3v) is 14.4. The van der Waals surface area contributed by atoms with Crippen LogP contribution in [0.5, 0.6) is 11.5 Å². The highest BCUT2D eigenvalue weighted by Gasteiger charge is 2.30. The molecule has 2 saturated heterocycles. The number of nitrogens with zero attached hydrogens (tertiary/aromatic N) is 4. The van der Waals surface area contributed by atoms with E-state index in [1.165, 1.54) is 22.8 Å². The fraction of sp³-hybridized carbons (Fsp3) is 0.440. The Morgan fingerprint density at radius 2 is 1.77 bits per heavy atom. The lowest BCUT2D eigenvalue weighted by Gasteiger charge is -2.39. The lowest BCUT2D eigenvalue weighted by molar-refractivity contribution is -0.0316. The van der Waals surface area contributed by atoms with Gasteiger partial charge in [0.05, 0.1) is 54.8 Å². The van der Waals surface area contributed by atoms with Crippen LogP contribution in [-0.4, -0.2) is 133 Å². The fourth-order valence-electron chi connectivity index (χ4n) is 9.02. The summed E-state index contributed by atoms with van der Waals surface area (Å²) in [5.74, 6) is -0.150. The van der Waals surface area contributed by atoms with Gasteiger partial charge in [0.25, 0.3) is 15.9 Å². The van der Waals surface area contributed by atoms with E-state index in [1.54, 1.807) is 37.7 Å². The van der Waals surface area contributed by atoms with E-state index in [0.717, 1.165) is 93.5 Å². The predicted molar refractivity (Wildman–Crippen MR) is 260 cm³/mol. The first-order chi connectivity index (χ1) is 31.8. The summed E-state index contributed by atoms with van der Waals surface area (Å²) in [6, 6.07) is 23.9. The number of fused-ring (bicyclic) bond motifs is 1. The number of carbonyl (C=O) groups is 1. The number of imidazole rings is 1. The summed E-state index contributed by atoms with van der Waals surface area (Å²) >= 11 is 6.26. The number of aromatic nitrogens is 2. The number of nitrogens with one attached hydrogen (secondary N) is 3. The van der Waals surface area contributed by atoms with E-state index in [2.05, 4.69) is 60.7 Å². The van der Waals surface area contributed by atoms with Gasteiger partial charge in [0.1, 0.15) is 11.3 Å². The number of aryl methyl sites for hydroxylation is 1. The summed E-state index contributed by atoms with van der Waals surface area (Å²) < 4.78 is 53.2. The van der Waals surface area contributed by atoms with Crippen molar-refractivity contribution in [2.24, 2.45) is 5.41 Å². The molecular weight excluding hydrogens is 878 g/mol. The molecule has 0 saturated carbocycles. The Labute approximate surface area is 393 Å². The van der Waals surface area contributed by atoms with Crippen LogP contribution in [0.1, 0.15) is 54.6 Å². The number of benzene rings is 4. The molecule has 3 heterocycles. The minimum absolute atomic E-state index is 0.0290. The lowest BCUT2D eigenvalue weighted by Crippen LogP contribution is -2.47. The largest absolute Gasteiger partial charge is 0.454 e. The summed E-state index contributed by atoms with van der Waals surface area (Å²) in [5, 5.41) is 4.16. The van der Waals surface area contributed by atoms with Crippen molar-refractivity contribution in [2.45, 2.75) is 51.0 Å². The number of anilines is 2. The van der Waals surface area contributed by atoms with E-state index in [9.17, 15) is 13.2 Å². The molecule has 352 valence electrons. The van der Waals surface area contributed by atoms with Gasteiger partial charge >= 0.3 is 0 Å². The first-order valence-corrected chi connectivity index (χ1v) is 24.7. The highest BCUT2D eigenvalue weighted by atomic mass is 35.5. The van der Waals surface area contributed by atoms with Crippen LogP contribution in [0.15, 0.2) is 95.7 Å². The number of piperazine rings is 1. The number of ether oxygens (including phenoxy) is 4. The molecule has 0 radical (unpaired) electrons. The fourth-order valence-corrected chi connectivity index (χ4v) is 10.2. The van der Waals surface area contributed by atoms with Crippen molar-refractivity contribution in [1.29, 1.82) is 0 Å². The molecule has 2 fully saturated rings. The number of methoxy groups -OCH3 is 1. The van der Waals surface area contributed by atoms with Crippen LogP contribution in [0.25, 0.3) is 16.6 Å². The van der Waals surface area contributed by atoms with Gasteiger partial charge < -0.3 is 34.1 Å². The maximum atomic E-state index is 14.1. The van der Waals surface area contributed by atoms with E-state index < -0.39 is 15.9 Å². The van der Waals surface area contributed by atoms with Gasteiger partial charge in [-0.1, -0.05) is 49.2 Å². The van der Waals surface area contributed by atoms with Crippen molar-refractivity contribution in [3.8, 4) is 11.5 Å². The van der Waals surface area contributed by atoms with E-state index in [4.69, 9.17) is 30.5 Å². The Balaban J connectivity index is 0.940.